The van der Waals surface area contributed by atoms with Crippen LogP contribution in [0.2, 0.25) is 0 Å². The Morgan fingerprint density at radius 1 is 1.64 bits per heavy atom. The highest BCUT2D eigenvalue weighted by molar-refractivity contribution is 8.12. The first-order chi connectivity index (χ1) is 5.34. The number of rotatable bonds is 2. The molecule has 0 unspecified atom stereocenters. The van der Waals surface area contributed by atoms with Crippen LogP contribution in [0.4, 0.5) is 0 Å². The molecule has 11 heavy (non-hydrogen) atoms. The van der Waals surface area contributed by atoms with E-state index >= 15 is 0 Å². The van der Waals surface area contributed by atoms with Gasteiger partial charge in [-0.15, -0.1) is 11.8 Å². The first-order valence-electron chi connectivity index (χ1n) is 3.19. The van der Waals surface area contributed by atoms with Crippen LogP contribution in [-0.4, -0.2) is 12.6 Å². The van der Waals surface area contributed by atoms with Gasteiger partial charge in [-0.25, -0.2) is 4.79 Å². The fraction of sp³-hybridized carbons (Fsp3) is 0.286. The molecular formula is C7H8O2S2. The average Bonchev–Trinajstić information content (AvgIpc) is 2.07. The molecule has 0 aromatic rings. The molecule has 0 aromatic heterocycles. The van der Waals surface area contributed by atoms with Crippen LogP contribution in [0.1, 0.15) is 6.92 Å². The molecule has 60 valence electrons. The highest BCUT2D eigenvalue weighted by atomic mass is 32.2. The molecule has 1 rings (SSSR count). The van der Waals surface area contributed by atoms with E-state index in [9.17, 15) is 4.79 Å². The van der Waals surface area contributed by atoms with Crippen LogP contribution in [0, 0.1) is 0 Å². The summed E-state index contributed by atoms with van der Waals surface area (Å²) in [6.07, 6.45) is 0. The van der Waals surface area contributed by atoms with Crippen LogP contribution in [0.15, 0.2) is 21.1 Å². The first kappa shape index (κ1) is 8.74. The zero-order valence-corrected chi connectivity index (χ0v) is 7.71. The third-order valence-corrected chi connectivity index (χ3v) is 2.78. The summed E-state index contributed by atoms with van der Waals surface area (Å²) in [5, 5.41) is 5.59. The van der Waals surface area contributed by atoms with E-state index in [0.29, 0.717) is 11.5 Å². The van der Waals surface area contributed by atoms with Crippen molar-refractivity contribution in [2.75, 3.05) is 6.61 Å². The van der Waals surface area contributed by atoms with Crippen LogP contribution in [0.5, 0.6) is 0 Å². The normalized spacial score (nSPS) is 15.9. The third-order valence-electron chi connectivity index (χ3n) is 0.981. The third kappa shape index (κ3) is 2.63. The molecule has 0 aliphatic carbocycles. The van der Waals surface area contributed by atoms with Crippen molar-refractivity contribution in [1.29, 1.82) is 0 Å². The zero-order chi connectivity index (χ0) is 8.10. The van der Waals surface area contributed by atoms with E-state index in [2.05, 4.69) is 0 Å². The lowest BCUT2D eigenvalue weighted by Crippen LogP contribution is -2.04. The summed E-state index contributed by atoms with van der Waals surface area (Å²) in [6.45, 7) is 2.24. The first-order valence-corrected chi connectivity index (χ1v) is 5.01. The van der Waals surface area contributed by atoms with Gasteiger partial charge in [0.2, 0.25) is 0 Å². The summed E-state index contributed by atoms with van der Waals surface area (Å²) >= 11 is 2.89. The topological polar surface area (TPSA) is 26.3 Å². The minimum absolute atomic E-state index is 0.227. The summed E-state index contributed by atoms with van der Waals surface area (Å²) < 4.78 is 4.81. The van der Waals surface area contributed by atoms with E-state index in [1.165, 1.54) is 23.5 Å². The van der Waals surface area contributed by atoms with Crippen LogP contribution >= 0.6 is 23.5 Å². The van der Waals surface area contributed by atoms with Crippen LogP contribution in [-0.2, 0) is 9.53 Å². The molecule has 0 saturated heterocycles. The van der Waals surface area contributed by atoms with Gasteiger partial charge < -0.3 is 4.74 Å². The van der Waals surface area contributed by atoms with Gasteiger partial charge in [-0.3, -0.25) is 0 Å². The number of hydrogen-bond acceptors (Lipinski definition) is 4. The maximum Gasteiger partial charge on any atom is 0.345 e. The van der Waals surface area contributed by atoms with E-state index in [1.807, 2.05) is 10.8 Å². The van der Waals surface area contributed by atoms with Crippen molar-refractivity contribution in [3.63, 3.8) is 0 Å². The van der Waals surface area contributed by atoms with Crippen LogP contribution < -0.4 is 0 Å². The molecular weight excluding hydrogens is 180 g/mol. The zero-order valence-electron chi connectivity index (χ0n) is 6.07. The molecule has 0 N–H and O–H groups in total. The number of carbonyl (C=O) groups is 1. The van der Waals surface area contributed by atoms with Gasteiger partial charge >= 0.3 is 5.97 Å². The monoisotopic (exact) mass is 188 g/mol. The molecule has 0 atom stereocenters. The van der Waals surface area contributed by atoms with Crippen molar-refractivity contribution in [3.05, 3.63) is 21.1 Å². The molecule has 0 aromatic carbocycles. The van der Waals surface area contributed by atoms with Gasteiger partial charge in [-0.2, -0.15) is 0 Å². The summed E-state index contributed by atoms with van der Waals surface area (Å²) in [5.41, 5.74) is 0. The van der Waals surface area contributed by atoms with Gasteiger partial charge in [0, 0.05) is 0 Å². The van der Waals surface area contributed by atoms with Crippen LogP contribution in [0.3, 0.4) is 0 Å². The molecule has 0 bridgehead atoms. The van der Waals surface area contributed by atoms with Gasteiger partial charge in [0.05, 0.1) is 6.61 Å². The Labute approximate surface area is 74.1 Å². The lowest BCUT2D eigenvalue weighted by Gasteiger charge is -2.05. The molecule has 1 heterocycles. The average molecular weight is 188 g/mol. The summed E-state index contributed by atoms with van der Waals surface area (Å²) in [6, 6.07) is 0. The van der Waals surface area contributed by atoms with Crippen molar-refractivity contribution in [2.24, 2.45) is 0 Å². The second-order valence-corrected chi connectivity index (χ2v) is 3.46. The quantitative estimate of drug-likeness (QED) is 0.621. The molecule has 1 aliphatic rings. The predicted molar refractivity (Wildman–Crippen MR) is 49.0 cm³/mol. The van der Waals surface area contributed by atoms with Gasteiger partial charge in [-0.05, 0) is 23.1 Å². The maximum absolute atomic E-state index is 11.0. The minimum Gasteiger partial charge on any atom is -0.462 e. The molecule has 0 saturated carbocycles. The van der Waals surface area contributed by atoms with Crippen molar-refractivity contribution in [1.82, 2.24) is 0 Å². The Hall–Kier alpha value is -0.350. The molecule has 2 nitrogen and oxygen atoms in total. The van der Waals surface area contributed by atoms with Gasteiger partial charge in [0.1, 0.15) is 4.91 Å². The van der Waals surface area contributed by atoms with Crippen molar-refractivity contribution < 1.29 is 9.53 Å². The van der Waals surface area contributed by atoms with Crippen LogP contribution in [0.25, 0.3) is 0 Å². The summed E-state index contributed by atoms with van der Waals surface area (Å²) in [5.74, 6) is -0.227. The summed E-state index contributed by atoms with van der Waals surface area (Å²) in [4.78, 5) is 11.7. The molecule has 0 amide bonds. The lowest BCUT2D eigenvalue weighted by atomic mass is 10.6. The predicted octanol–water partition coefficient (Wildman–Crippen LogP) is 2.34. The minimum atomic E-state index is -0.227. The van der Waals surface area contributed by atoms with Crippen molar-refractivity contribution >= 4 is 29.5 Å². The Bertz CT molecular complexity index is 208. The molecule has 0 spiro atoms. The standard InChI is InChI=1S/C7H8O2S2/c1-2-9-7(8)6-5-10-3-4-11-6/h3-5H,2H2,1H3. The highest BCUT2D eigenvalue weighted by Gasteiger charge is 2.10. The Morgan fingerprint density at radius 3 is 3.00 bits per heavy atom. The largest absolute Gasteiger partial charge is 0.462 e. The summed E-state index contributed by atoms with van der Waals surface area (Å²) in [7, 11) is 0. The number of esters is 1. The maximum atomic E-state index is 11.0. The highest BCUT2D eigenvalue weighted by Crippen LogP contribution is 2.28. The number of thioether (sulfide) groups is 2. The van der Waals surface area contributed by atoms with E-state index in [4.69, 9.17) is 4.74 Å². The number of hydrogen-bond donors (Lipinski definition) is 0. The van der Waals surface area contributed by atoms with E-state index in [0.717, 1.165) is 0 Å². The van der Waals surface area contributed by atoms with Gasteiger partial charge in [-0.1, -0.05) is 11.8 Å². The second kappa shape index (κ2) is 4.51. The number of carbonyl (C=O) groups excluding carboxylic acids is 1. The smallest absolute Gasteiger partial charge is 0.345 e. The molecule has 1 aliphatic heterocycles. The van der Waals surface area contributed by atoms with Crippen molar-refractivity contribution in [3.8, 4) is 0 Å². The molecule has 0 radical (unpaired) electrons. The Kier molecular flexibility index (Phi) is 3.59. The van der Waals surface area contributed by atoms with Gasteiger partial charge in [0.15, 0.2) is 0 Å². The fourth-order valence-electron chi connectivity index (χ4n) is 0.560. The van der Waals surface area contributed by atoms with E-state index in [1.54, 1.807) is 12.3 Å². The Morgan fingerprint density at radius 2 is 2.45 bits per heavy atom. The van der Waals surface area contributed by atoms with E-state index in [-0.39, 0.29) is 5.97 Å². The van der Waals surface area contributed by atoms with Crippen molar-refractivity contribution in [2.45, 2.75) is 6.92 Å². The lowest BCUT2D eigenvalue weighted by molar-refractivity contribution is -0.137. The fourth-order valence-corrected chi connectivity index (χ4v) is 2.03. The Balaban J connectivity index is 2.46. The molecule has 4 heteroatoms. The SMILES string of the molecule is CCOC(=O)C1=CSC=CS1. The number of ether oxygens (including phenoxy) is 1. The van der Waals surface area contributed by atoms with E-state index < -0.39 is 0 Å². The van der Waals surface area contributed by atoms with Gasteiger partial charge in [0.25, 0.3) is 0 Å². The molecule has 0 fully saturated rings. The second-order valence-electron chi connectivity index (χ2n) is 1.73.